The van der Waals surface area contributed by atoms with Gasteiger partial charge >= 0.3 is 0 Å². The Hall–Kier alpha value is -1.65. The van der Waals surface area contributed by atoms with Crippen LogP contribution in [0, 0.1) is 5.92 Å². The number of hydrogen-bond donors (Lipinski definition) is 1. The number of hydrogen-bond acceptors (Lipinski definition) is 5. The summed E-state index contributed by atoms with van der Waals surface area (Å²) in [5, 5.41) is 0. The van der Waals surface area contributed by atoms with Gasteiger partial charge in [-0.1, -0.05) is 6.92 Å². The van der Waals surface area contributed by atoms with Gasteiger partial charge in [0.1, 0.15) is 5.82 Å². The van der Waals surface area contributed by atoms with Crippen molar-refractivity contribution in [2.24, 2.45) is 5.92 Å². The van der Waals surface area contributed by atoms with Crippen molar-refractivity contribution >= 4 is 17.5 Å². The molecule has 0 saturated carbocycles. The van der Waals surface area contributed by atoms with E-state index in [-0.39, 0.29) is 11.7 Å². The zero-order valence-corrected chi connectivity index (χ0v) is 8.90. The van der Waals surface area contributed by atoms with Gasteiger partial charge < -0.3 is 10.6 Å². The van der Waals surface area contributed by atoms with Crippen LogP contribution in [0.5, 0.6) is 0 Å². The lowest BCUT2D eigenvalue weighted by molar-refractivity contribution is 0.101. The van der Waals surface area contributed by atoms with Gasteiger partial charge in [-0.3, -0.25) is 4.79 Å². The van der Waals surface area contributed by atoms with Crippen LogP contribution >= 0.6 is 0 Å². The molecule has 1 fully saturated rings. The molecule has 0 atom stereocenters. The Labute approximate surface area is 88.3 Å². The Morgan fingerprint density at radius 3 is 2.80 bits per heavy atom. The van der Waals surface area contributed by atoms with Crippen LogP contribution in [-0.2, 0) is 0 Å². The molecule has 0 radical (unpaired) electrons. The van der Waals surface area contributed by atoms with E-state index in [4.69, 9.17) is 5.73 Å². The molecule has 2 rings (SSSR count). The van der Waals surface area contributed by atoms with Crippen LogP contribution in [0.15, 0.2) is 6.20 Å². The van der Waals surface area contributed by atoms with Crippen molar-refractivity contribution in [1.82, 2.24) is 9.97 Å². The summed E-state index contributed by atoms with van der Waals surface area (Å²) in [6.07, 6.45) is 1.50. The molecule has 1 aromatic heterocycles. The second-order valence-corrected chi connectivity index (χ2v) is 4.03. The number of carbonyl (C=O) groups is 1. The summed E-state index contributed by atoms with van der Waals surface area (Å²) in [5.74, 6) is 1.52. The number of aromatic nitrogens is 2. The number of Topliss-reactive ketones (excluding diaryl/α,β-unsaturated/α-hetero) is 1. The molecule has 2 N–H and O–H groups in total. The van der Waals surface area contributed by atoms with Gasteiger partial charge in [-0.2, -0.15) is 4.98 Å². The summed E-state index contributed by atoms with van der Waals surface area (Å²) in [4.78, 5) is 21.4. The van der Waals surface area contributed by atoms with E-state index >= 15 is 0 Å². The summed E-state index contributed by atoms with van der Waals surface area (Å²) in [6, 6.07) is 0. The minimum atomic E-state index is -0.0236. The summed E-state index contributed by atoms with van der Waals surface area (Å²) < 4.78 is 0. The van der Waals surface area contributed by atoms with E-state index in [0.717, 1.165) is 13.1 Å². The van der Waals surface area contributed by atoms with Gasteiger partial charge in [0.25, 0.3) is 0 Å². The van der Waals surface area contributed by atoms with E-state index in [0.29, 0.717) is 17.3 Å². The predicted molar refractivity (Wildman–Crippen MR) is 57.8 cm³/mol. The Morgan fingerprint density at radius 1 is 1.60 bits per heavy atom. The van der Waals surface area contributed by atoms with E-state index in [9.17, 15) is 4.79 Å². The van der Waals surface area contributed by atoms with Gasteiger partial charge in [0.05, 0.1) is 5.56 Å². The molecule has 1 saturated heterocycles. The number of nitrogens with zero attached hydrogens (tertiary/aromatic N) is 3. The van der Waals surface area contributed by atoms with Gasteiger partial charge in [-0.05, 0) is 12.8 Å². The van der Waals surface area contributed by atoms with Crippen molar-refractivity contribution in [1.29, 1.82) is 0 Å². The van der Waals surface area contributed by atoms with Crippen molar-refractivity contribution in [3.63, 3.8) is 0 Å². The second kappa shape index (κ2) is 3.49. The molecule has 1 aromatic rings. The number of nitrogen functional groups attached to an aromatic ring is 1. The summed E-state index contributed by atoms with van der Waals surface area (Å²) in [6.45, 7) is 5.53. The molecule has 1 aliphatic heterocycles. The lowest BCUT2D eigenvalue weighted by Gasteiger charge is -2.38. The standard InChI is InChI=1S/C10H14N4O/c1-6-4-14(5-6)9-8(7(2)15)3-12-10(11)13-9/h3,6H,4-5H2,1-2H3,(H2,11,12,13). The van der Waals surface area contributed by atoms with Gasteiger partial charge in [0.2, 0.25) is 5.95 Å². The van der Waals surface area contributed by atoms with Crippen molar-refractivity contribution < 1.29 is 4.79 Å². The highest BCUT2D eigenvalue weighted by Gasteiger charge is 2.27. The van der Waals surface area contributed by atoms with Crippen LogP contribution in [0.4, 0.5) is 11.8 Å². The average Bonchev–Trinajstić information content (AvgIpc) is 2.12. The second-order valence-electron chi connectivity index (χ2n) is 4.03. The van der Waals surface area contributed by atoms with E-state index < -0.39 is 0 Å². The number of nitrogens with two attached hydrogens (primary N) is 1. The summed E-state index contributed by atoms with van der Waals surface area (Å²) in [7, 11) is 0. The minimum Gasteiger partial charge on any atom is -0.368 e. The highest BCUT2D eigenvalue weighted by molar-refractivity contribution is 5.98. The molecule has 5 heteroatoms. The van der Waals surface area contributed by atoms with Crippen molar-refractivity contribution in [3.05, 3.63) is 11.8 Å². The van der Waals surface area contributed by atoms with Crippen LogP contribution in [0.2, 0.25) is 0 Å². The SMILES string of the molecule is CC(=O)c1cnc(N)nc1N1CC(C)C1. The lowest BCUT2D eigenvalue weighted by Crippen LogP contribution is -2.46. The summed E-state index contributed by atoms with van der Waals surface area (Å²) in [5.41, 5.74) is 6.07. The maximum atomic E-state index is 11.4. The zero-order chi connectivity index (χ0) is 11.0. The number of carbonyl (C=O) groups excluding carboxylic acids is 1. The highest BCUT2D eigenvalue weighted by Crippen LogP contribution is 2.26. The van der Waals surface area contributed by atoms with E-state index in [1.165, 1.54) is 13.1 Å². The minimum absolute atomic E-state index is 0.0236. The average molecular weight is 206 g/mol. The van der Waals surface area contributed by atoms with Gasteiger partial charge in [0, 0.05) is 19.3 Å². The number of ketones is 1. The third-order valence-corrected chi connectivity index (χ3v) is 2.53. The third-order valence-electron chi connectivity index (χ3n) is 2.53. The molecule has 0 amide bonds. The molecule has 2 heterocycles. The Morgan fingerprint density at radius 2 is 2.27 bits per heavy atom. The summed E-state index contributed by atoms with van der Waals surface area (Å²) >= 11 is 0. The van der Waals surface area contributed by atoms with E-state index in [2.05, 4.69) is 21.8 Å². The van der Waals surface area contributed by atoms with E-state index in [1.807, 2.05) is 0 Å². The predicted octanol–water partition coefficient (Wildman–Crippen LogP) is 0.718. The fourth-order valence-corrected chi connectivity index (χ4v) is 1.75. The molecule has 0 aliphatic carbocycles. The van der Waals surface area contributed by atoms with Crippen LogP contribution < -0.4 is 10.6 Å². The molecule has 0 aromatic carbocycles. The molecule has 0 spiro atoms. The quantitative estimate of drug-likeness (QED) is 0.722. The first-order valence-electron chi connectivity index (χ1n) is 4.96. The third kappa shape index (κ3) is 1.77. The van der Waals surface area contributed by atoms with Crippen LogP contribution in [0.3, 0.4) is 0 Å². The van der Waals surface area contributed by atoms with Crippen molar-refractivity contribution in [2.45, 2.75) is 13.8 Å². The normalized spacial score (nSPS) is 16.3. The Bertz CT molecular complexity index is 398. The fourth-order valence-electron chi connectivity index (χ4n) is 1.75. The smallest absolute Gasteiger partial charge is 0.221 e. The molecule has 15 heavy (non-hydrogen) atoms. The molecule has 0 bridgehead atoms. The largest absolute Gasteiger partial charge is 0.368 e. The molecule has 5 nitrogen and oxygen atoms in total. The van der Waals surface area contributed by atoms with Gasteiger partial charge in [-0.25, -0.2) is 4.98 Å². The lowest BCUT2D eigenvalue weighted by atomic mass is 10.0. The monoisotopic (exact) mass is 206 g/mol. The maximum Gasteiger partial charge on any atom is 0.221 e. The first-order chi connectivity index (χ1) is 7.08. The highest BCUT2D eigenvalue weighted by atomic mass is 16.1. The molecular formula is C10H14N4O. The fraction of sp³-hybridized carbons (Fsp3) is 0.500. The van der Waals surface area contributed by atoms with Crippen LogP contribution in [-0.4, -0.2) is 28.8 Å². The Kier molecular flexibility index (Phi) is 2.30. The topological polar surface area (TPSA) is 72.1 Å². The van der Waals surface area contributed by atoms with Crippen LogP contribution in [0.1, 0.15) is 24.2 Å². The molecule has 0 unspecified atom stereocenters. The molecule has 1 aliphatic rings. The Balaban J connectivity index is 2.35. The zero-order valence-electron chi connectivity index (χ0n) is 8.90. The molecular weight excluding hydrogens is 192 g/mol. The van der Waals surface area contributed by atoms with Crippen molar-refractivity contribution in [3.8, 4) is 0 Å². The van der Waals surface area contributed by atoms with Gasteiger partial charge in [-0.15, -0.1) is 0 Å². The first kappa shape index (κ1) is 9.89. The van der Waals surface area contributed by atoms with E-state index in [1.54, 1.807) is 0 Å². The van der Waals surface area contributed by atoms with Gasteiger partial charge in [0.15, 0.2) is 5.78 Å². The number of rotatable bonds is 2. The maximum absolute atomic E-state index is 11.4. The number of anilines is 2. The van der Waals surface area contributed by atoms with Crippen molar-refractivity contribution in [2.75, 3.05) is 23.7 Å². The first-order valence-corrected chi connectivity index (χ1v) is 4.96. The van der Waals surface area contributed by atoms with Crippen LogP contribution in [0.25, 0.3) is 0 Å². The molecule has 80 valence electrons.